The van der Waals surface area contributed by atoms with E-state index in [4.69, 9.17) is 52.1 Å². The molecule has 6 saturated heterocycles. The third-order valence-corrected chi connectivity index (χ3v) is 19.6. The van der Waals surface area contributed by atoms with Crippen molar-refractivity contribution in [3.8, 4) is 0 Å². The summed E-state index contributed by atoms with van der Waals surface area (Å²) in [6, 6.07) is 0. The van der Waals surface area contributed by atoms with Gasteiger partial charge in [-0.2, -0.15) is 0 Å². The Morgan fingerprint density at radius 2 is 1.38 bits per heavy atom. The number of hydrogen-bond donors (Lipinski definition) is 13. The van der Waals surface area contributed by atoms with Gasteiger partial charge in [-0.15, -0.1) is 0 Å². The maximum absolute atomic E-state index is 12.6. The molecule has 438 valence electrons. The molecule has 13 N–H and O–H groups in total. The van der Waals surface area contributed by atoms with E-state index in [0.717, 1.165) is 5.57 Å². The molecule has 4 aliphatic carbocycles. The van der Waals surface area contributed by atoms with Crippen molar-refractivity contribution in [2.24, 2.45) is 40.4 Å². The van der Waals surface area contributed by atoms with Crippen molar-refractivity contribution < 1.29 is 123 Å². The van der Waals surface area contributed by atoms with Gasteiger partial charge in [-0.05, 0) is 74.7 Å². The highest BCUT2D eigenvalue weighted by atomic mass is 16.8. The lowest BCUT2D eigenvalue weighted by molar-refractivity contribution is -0.393. The first-order valence-electron chi connectivity index (χ1n) is 27.2. The lowest BCUT2D eigenvalue weighted by Crippen LogP contribution is -2.67. The van der Waals surface area contributed by atoms with E-state index in [1.807, 2.05) is 0 Å². The van der Waals surface area contributed by atoms with Gasteiger partial charge in [0, 0.05) is 24.7 Å². The molecule has 10 aliphatic rings. The highest BCUT2D eigenvalue weighted by Gasteiger charge is 2.73. The Bertz CT molecular complexity index is 2160. The molecule has 9 fully saturated rings. The molecule has 0 bridgehead atoms. The van der Waals surface area contributed by atoms with Gasteiger partial charge in [0.25, 0.3) is 0 Å². The van der Waals surface area contributed by atoms with Crippen LogP contribution in [0.1, 0.15) is 73.1 Å². The minimum absolute atomic E-state index is 0.0283. The van der Waals surface area contributed by atoms with Crippen LogP contribution < -0.4 is 0 Å². The summed E-state index contributed by atoms with van der Waals surface area (Å²) in [5.41, 5.74) is -0.104. The van der Waals surface area contributed by atoms with E-state index in [1.54, 1.807) is 0 Å². The van der Waals surface area contributed by atoms with Gasteiger partial charge in [0.2, 0.25) is 5.79 Å². The fourth-order valence-corrected chi connectivity index (χ4v) is 15.4. The molecule has 77 heavy (non-hydrogen) atoms. The van der Waals surface area contributed by atoms with Gasteiger partial charge in [-0.1, -0.05) is 32.1 Å². The van der Waals surface area contributed by atoms with Crippen molar-refractivity contribution in [3.63, 3.8) is 0 Å². The largest absolute Gasteiger partial charge is 0.465 e. The molecular formula is C52H80O25. The first-order chi connectivity index (χ1) is 36.4. The Hall–Kier alpha value is -1.97. The molecule has 6 aliphatic heterocycles. The van der Waals surface area contributed by atoms with Gasteiger partial charge in [-0.25, -0.2) is 0 Å². The third-order valence-electron chi connectivity index (χ3n) is 19.6. The van der Waals surface area contributed by atoms with E-state index >= 15 is 0 Å². The Morgan fingerprint density at radius 3 is 2.03 bits per heavy atom. The molecule has 6 heterocycles. The number of hydrogen-bond acceptors (Lipinski definition) is 25. The van der Waals surface area contributed by atoms with Crippen molar-refractivity contribution in [1.29, 1.82) is 0 Å². The number of esters is 1. The quantitative estimate of drug-likeness (QED) is 0.0694. The number of aliphatic hydroxyl groups excluding tert-OH is 13. The molecule has 0 radical (unpaired) electrons. The third kappa shape index (κ3) is 9.79. The summed E-state index contributed by atoms with van der Waals surface area (Å²) >= 11 is 0. The second kappa shape index (κ2) is 22.0. The molecule has 0 aromatic heterocycles. The van der Waals surface area contributed by atoms with Crippen LogP contribution >= 0.6 is 0 Å². The second-order valence-corrected chi connectivity index (χ2v) is 23.9. The summed E-state index contributed by atoms with van der Waals surface area (Å²) in [4.78, 5) is 12.6. The van der Waals surface area contributed by atoms with Gasteiger partial charge >= 0.3 is 5.97 Å². The molecule has 3 saturated carbocycles. The Kier molecular flexibility index (Phi) is 16.6. The SMILES string of the molecule is C=C1COC2(OC3CC4C5CC=C6CC(O)CC(OC7OC(CO)C(O)C(OC8OCC(O)C(O)C8O)C7OC7OC(C)C(O)C(O)C7O)C6(C)C5CCC4(C)C3C2COC(C)=O)C(O)C1OC1OC(C)C(O)C(O)C1O. The zero-order chi connectivity index (χ0) is 55.5. The van der Waals surface area contributed by atoms with Gasteiger partial charge in [0.1, 0.15) is 91.6 Å². The van der Waals surface area contributed by atoms with E-state index in [2.05, 4.69) is 26.5 Å². The fourth-order valence-electron chi connectivity index (χ4n) is 15.4. The Morgan fingerprint density at radius 1 is 0.740 bits per heavy atom. The van der Waals surface area contributed by atoms with Crippen molar-refractivity contribution in [2.75, 3.05) is 26.4 Å². The van der Waals surface area contributed by atoms with Crippen LogP contribution in [0.15, 0.2) is 23.8 Å². The van der Waals surface area contributed by atoms with E-state index in [9.17, 15) is 71.2 Å². The molecule has 32 unspecified atom stereocenters. The summed E-state index contributed by atoms with van der Waals surface area (Å²) in [5.74, 6) is -3.60. The fraction of sp³-hybridized carbons (Fsp3) is 0.904. The molecule has 25 nitrogen and oxygen atoms in total. The number of ether oxygens (including phenoxy) is 11. The van der Waals surface area contributed by atoms with Crippen LogP contribution in [-0.2, 0) is 56.9 Å². The lowest BCUT2D eigenvalue weighted by atomic mass is 9.46. The minimum atomic E-state index is -1.86. The maximum Gasteiger partial charge on any atom is 0.302 e. The average molecular weight is 1110 g/mol. The molecule has 1 spiro atoms. The second-order valence-electron chi connectivity index (χ2n) is 23.9. The molecule has 0 aromatic carbocycles. The number of carbonyl (C=O) groups is 1. The van der Waals surface area contributed by atoms with Crippen LogP contribution in [0.25, 0.3) is 0 Å². The Balaban J connectivity index is 0.940. The average Bonchev–Trinajstić information content (AvgIpc) is 3.97. The molecule has 25 heteroatoms. The van der Waals surface area contributed by atoms with E-state index in [0.29, 0.717) is 37.7 Å². The van der Waals surface area contributed by atoms with Crippen LogP contribution in [0.5, 0.6) is 0 Å². The van der Waals surface area contributed by atoms with Crippen LogP contribution in [-0.4, -0.2) is 252 Å². The van der Waals surface area contributed by atoms with E-state index in [1.165, 1.54) is 20.8 Å². The van der Waals surface area contributed by atoms with Crippen molar-refractivity contribution in [2.45, 2.75) is 226 Å². The lowest BCUT2D eigenvalue weighted by Gasteiger charge is -2.61. The summed E-state index contributed by atoms with van der Waals surface area (Å²) < 4.78 is 68.5. The standard InChI is InChI=1S/C52H80O25/c1-18-15-69-52(45(66)42(18)74-47-40(64)37(61)33(57)19(2)70-47)27(16-67-21(4)54)32-29(77-52)13-26-24-8-7-22-11-23(55)12-31(51(22,6)25(24)9-10-50(26,32)5)73-49-44(76-48-41(65)38(62)34(58)20(3)71-48)43(36(60)30(14-53)72-49)75-46-39(63)35(59)28(56)17-68-46/h7,19-20,23-49,53,55-66H,1,8-17H2,2-6H3. The predicted molar refractivity (Wildman–Crippen MR) is 255 cm³/mol. The zero-order valence-corrected chi connectivity index (χ0v) is 43.8. The van der Waals surface area contributed by atoms with Crippen LogP contribution in [0.2, 0.25) is 0 Å². The highest BCUT2D eigenvalue weighted by Crippen LogP contribution is 2.71. The molecule has 0 aromatic rings. The Labute approximate surface area is 445 Å². The zero-order valence-electron chi connectivity index (χ0n) is 43.8. The summed E-state index contributed by atoms with van der Waals surface area (Å²) in [7, 11) is 0. The van der Waals surface area contributed by atoms with Crippen molar-refractivity contribution in [3.05, 3.63) is 23.8 Å². The van der Waals surface area contributed by atoms with Crippen LogP contribution in [0.3, 0.4) is 0 Å². The topological polar surface area (TPSA) is 382 Å². The number of aliphatic hydroxyl groups is 13. The molecular weight excluding hydrogens is 1020 g/mol. The smallest absolute Gasteiger partial charge is 0.302 e. The summed E-state index contributed by atoms with van der Waals surface area (Å²) in [6.07, 6.45) is -30.0. The van der Waals surface area contributed by atoms with Crippen LogP contribution in [0.4, 0.5) is 0 Å². The van der Waals surface area contributed by atoms with E-state index < -0.39 is 189 Å². The van der Waals surface area contributed by atoms with Crippen molar-refractivity contribution in [1.82, 2.24) is 0 Å². The van der Waals surface area contributed by atoms with Gasteiger partial charge in [-0.3, -0.25) is 4.79 Å². The predicted octanol–water partition coefficient (Wildman–Crippen LogP) is -3.92. The number of carbonyl (C=O) groups excluding carboxylic acids is 1. The van der Waals surface area contributed by atoms with E-state index in [-0.39, 0.29) is 43.3 Å². The van der Waals surface area contributed by atoms with Crippen LogP contribution in [0, 0.1) is 40.4 Å². The molecule has 32 atom stereocenters. The first kappa shape index (κ1) is 58.2. The number of fused-ring (bicyclic) bond motifs is 7. The summed E-state index contributed by atoms with van der Waals surface area (Å²) in [6.45, 7) is 11.0. The highest BCUT2D eigenvalue weighted by molar-refractivity contribution is 5.65. The summed E-state index contributed by atoms with van der Waals surface area (Å²) in [5, 5.41) is 143. The maximum atomic E-state index is 12.6. The first-order valence-corrected chi connectivity index (χ1v) is 27.2. The number of allylic oxidation sites excluding steroid dienone is 1. The van der Waals surface area contributed by atoms with Gasteiger partial charge in [0.05, 0.1) is 62.9 Å². The monoisotopic (exact) mass is 1100 g/mol. The normalized spacial score (nSPS) is 55.7. The van der Waals surface area contributed by atoms with Gasteiger partial charge < -0.3 is 118 Å². The van der Waals surface area contributed by atoms with Gasteiger partial charge in [0.15, 0.2) is 25.2 Å². The number of rotatable bonds is 11. The molecule has 0 amide bonds. The molecule has 10 rings (SSSR count). The van der Waals surface area contributed by atoms with Crippen molar-refractivity contribution >= 4 is 5.97 Å². The minimum Gasteiger partial charge on any atom is -0.465 e.